The second kappa shape index (κ2) is 7.89. The van der Waals surface area contributed by atoms with Gasteiger partial charge in [-0.05, 0) is 50.2 Å². The van der Waals surface area contributed by atoms with Crippen molar-refractivity contribution in [1.82, 2.24) is 4.98 Å². The van der Waals surface area contributed by atoms with Crippen molar-refractivity contribution in [3.8, 4) is 0 Å². The Labute approximate surface area is 184 Å². The second-order valence-electron chi connectivity index (χ2n) is 7.18. The van der Waals surface area contributed by atoms with Gasteiger partial charge >= 0.3 is 0 Å². The van der Waals surface area contributed by atoms with Crippen LogP contribution in [0, 0.1) is 13.8 Å². The Morgan fingerprint density at radius 2 is 1.53 bits per heavy atom. The van der Waals surface area contributed by atoms with E-state index in [4.69, 9.17) is 5.73 Å². The van der Waals surface area contributed by atoms with E-state index < -0.39 is 21.8 Å². The van der Waals surface area contributed by atoms with Crippen LogP contribution in [-0.2, 0) is 10.0 Å². The van der Waals surface area contributed by atoms with Gasteiger partial charge in [0.1, 0.15) is 5.82 Å². The number of rotatable bonds is 4. The van der Waals surface area contributed by atoms with Crippen LogP contribution in [0.3, 0.4) is 0 Å². The lowest BCUT2D eigenvalue weighted by Gasteiger charge is -2.17. The minimum Gasteiger partial charge on any atom is -0.369 e. The fourth-order valence-electron chi connectivity index (χ4n) is 3.31. The third-order valence-electron chi connectivity index (χ3n) is 4.89. The van der Waals surface area contributed by atoms with Gasteiger partial charge in [0, 0.05) is 0 Å². The zero-order valence-corrected chi connectivity index (χ0v) is 18.1. The molecule has 0 fully saturated rings. The SMILES string of the molecule is Cc1ccc(S(=O)(=O)N=C(N)Nc2ccc(N3C(=O)c4ccccc4C3=O)c(C)n2)cc1. The Morgan fingerprint density at radius 3 is 2.09 bits per heavy atom. The number of aryl methyl sites for hydroxylation is 2. The molecule has 32 heavy (non-hydrogen) atoms. The Balaban J connectivity index is 1.57. The van der Waals surface area contributed by atoms with Crippen LogP contribution < -0.4 is 16.0 Å². The van der Waals surface area contributed by atoms with Gasteiger partial charge in [0.25, 0.3) is 21.8 Å². The molecule has 0 saturated carbocycles. The summed E-state index contributed by atoms with van der Waals surface area (Å²) in [6.45, 7) is 3.47. The smallest absolute Gasteiger partial charge is 0.285 e. The summed E-state index contributed by atoms with van der Waals surface area (Å²) in [5, 5.41) is 2.63. The molecule has 1 aromatic heterocycles. The fourth-order valence-corrected chi connectivity index (χ4v) is 4.20. The fraction of sp³-hybridized carbons (Fsp3) is 0.0909. The first-order valence-corrected chi connectivity index (χ1v) is 11.0. The number of carbonyl (C=O) groups excluding carboxylic acids is 2. The van der Waals surface area contributed by atoms with Gasteiger partial charge in [-0.15, -0.1) is 4.40 Å². The minimum absolute atomic E-state index is 0.0120. The van der Waals surface area contributed by atoms with E-state index >= 15 is 0 Å². The minimum atomic E-state index is -4.00. The summed E-state index contributed by atoms with van der Waals surface area (Å²) in [5.74, 6) is -1.02. The van der Waals surface area contributed by atoms with E-state index in [0.29, 0.717) is 22.5 Å². The summed E-state index contributed by atoms with van der Waals surface area (Å²) in [5.41, 5.74) is 8.04. The molecule has 2 heterocycles. The first kappa shape index (κ1) is 21.2. The second-order valence-corrected chi connectivity index (χ2v) is 8.79. The van der Waals surface area contributed by atoms with Gasteiger partial charge in [0.2, 0.25) is 5.96 Å². The third kappa shape index (κ3) is 3.83. The third-order valence-corrected chi connectivity index (χ3v) is 6.19. The number of hydrogen-bond donors (Lipinski definition) is 2. The van der Waals surface area contributed by atoms with Crippen LogP contribution in [0.15, 0.2) is 70.0 Å². The number of nitrogens with zero attached hydrogens (tertiary/aromatic N) is 3. The van der Waals surface area contributed by atoms with Crippen LogP contribution in [-0.4, -0.2) is 31.2 Å². The van der Waals surface area contributed by atoms with E-state index in [1.807, 2.05) is 6.92 Å². The first-order chi connectivity index (χ1) is 15.2. The Morgan fingerprint density at radius 1 is 0.938 bits per heavy atom. The molecule has 1 aliphatic heterocycles. The molecule has 0 aliphatic carbocycles. The molecule has 4 rings (SSSR count). The van der Waals surface area contributed by atoms with Crippen LogP contribution in [0.5, 0.6) is 0 Å². The van der Waals surface area contributed by atoms with Crippen molar-refractivity contribution < 1.29 is 18.0 Å². The van der Waals surface area contributed by atoms with E-state index in [1.54, 1.807) is 43.3 Å². The molecular formula is C22H19N5O4S. The number of benzene rings is 2. The average Bonchev–Trinajstić information content (AvgIpc) is 2.99. The number of nitrogens with one attached hydrogen (secondary N) is 1. The lowest BCUT2D eigenvalue weighted by atomic mass is 10.1. The van der Waals surface area contributed by atoms with Gasteiger partial charge in [-0.3, -0.25) is 9.59 Å². The molecule has 0 saturated heterocycles. The molecule has 3 N–H and O–H groups in total. The van der Waals surface area contributed by atoms with Crippen molar-refractivity contribution in [1.29, 1.82) is 0 Å². The van der Waals surface area contributed by atoms with Crippen LogP contribution in [0.25, 0.3) is 0 Å². The Kier molecular flexibility index (Phi) is 5.23. The van der Waals surface area contributed by atoms with E-state index in [-0.39, 0.29) is 16.7 Å². The largest absolute Gasteiger partial charge is 0.369 e. The van der Waals surface area contributed by atoms with Gasteiger partial charge in [0.05, 0.1) is 27.4 Å². The maximum atomic E-state index is 12.7. The summed E-state index contributed by atoms with van der Waals surface area (Å²) < 4.78 is 28.4. The first-order valence-electron chi connectivity index (χ1n) is 9.57. The molecular weight excluding hydrogens is 430 g/mol. The zero-order valence-electron chi connectivity index (χ0n) is 17.2. The molecule has 9 nitrogen and oxygen atoms in total. The summed E-state index contributed by atoms with van der Waals surface area (Å²) >= 11 is 0. The predicted molar refractivity (Wildman–Crippen MR) is 120 cm³/mol. The average molecular weight is 449 g/mol. The zero-order chi connectivity index (χ0) is 23.0. The highest BCUT2D eigenvalue weighted by Crippen LogP contribution is 2.30. The topological polar surface area (TPSA) is 135 Å². The standard InChI is InChI=1S/C22H19N5O4S/c1-13-7-9-15(10-8-13)32(30,31)26-22(23)25-19-12-11-18(14(2)24-19)27-20(28)16-5-3-4-6-17(16)21(27)29/h3-12H,1-2H3,(H3,23,24,25,26). The number of sulfonamides is 1. The van der Waals surface area contributed by atoms with E-state index in [0.717, 1.165) is 10.5 Å². The lowest BCUT2D eigenvalue weighted by molar-refractivity contribution is 0.0925. The molecule has 0 unspecified atom stereocenters. The summed E-state index contributed by atoms with van der Waals surface area (Å²) in [6, 6.07) is 15.8. The Bertz CT molecular complexity index is 1350. The molecule has 3 aromatic rings. The molecule has 2 aromatic carbocycles. The molecule has 1 aliphatic rings. The van der Waals surface area contributed by atoms with Crippen LogP contribution in [0.2, 0.25) is 0 Å². The molecule has 2 amide bonds. The number of carbonyl (C=O) groups is 2. The number of nitrogens with two attached hydrogens (primary N) is 1. The van der Waals surface area contributed by atoms with E-state index in [1.165, 1.54) is 24.3 Å². The van der Waals surface area contributed by atoms with E-state index in [9.17, 15) is 18.0 Å². The van der Waals surface area contributed by atoms with Crippen molar-refractivity contribution in [2.75, 3.05) is 10.2 Å². The van der Waals surface area contributed by atoms with Crippen LogP contribution in [0.4, 0.5) is 11.5 Å². The summed E-state index contributed by atoms with van der Waals surface area (Å²) in [6.07, 6.45) is 0. The number of guanidine groups is 1. The van der Waals surface area contributed by atoms with Gasteiger partial charge in [-0.25, -0.2) is 9.88 Å². The monoisotopic (exact) mass is 449 g/mol. The summed E-state index contributed by atoms with van der Waals surface area (Å²) in [4.78, 5) is 30.8. The molecule has 10 heteroatoms. The van der Waals surface area contributed by atoms with Crippen LogP contribution in [0.1, 0.15) is 32.0 Å². The van der Waals surface area contributed by atoms with Gasteiger partial charge < -0.3 is 11.1 Å². The number of fused-ring (bicyclic) bond motifs is 1. The number of anilines is 2. The predicted octanol–water partition coefficient (Wildman–Crippen LogP) is 2.61. The van der Waals surface area contributed by atoms with Gasteiger partial charge in [-0.1, -0.05) is 29.8 Å². The number of imide groups is 1. The van der Waals surface area contributed by atoms with Crippen molar-refractivity contribution in [3.63, 3.8) is 0 Å². The Hall–Kier alpha value is -4.05. The van der Waals surface area contributed by atoms with Crippen molar-refractivity contribution >= 4 is 39.3 Å². The number of aromatic nitrogens is 1. The maximum Gasteiger partial charge on any atom is 0.285 e. The molecule has 0 atom stereocenters. The van der Waals surface area contributed by atoms with Crippen LogP contribution >= 0.6 is 0 Å². The van der Waals surface area contributed by atoms with E-state index in [2.05, 4.69) is 14.7 Å². The van der Waals surface area contributed by atoms with Crippen molar-refractivity contribution in [3.05, 3.63) is 83.0 Å². The highest BCUT2D eigenvalue weighted by molar-refractivity contribution is 7.90. The van der Waals surface area contributed by atoms with Gasteiger partial charge in [0.15, 0.2) is 0 Å². The quantitative estimate of drug-likeness (QED) is 0.355. The molecule has 0 spiro atoms. The number of amides is 2. The molecule has 0 bridgehead atoms. The van der Waals surface area contributed by atoms with Crippen molar-refractivity contribution in [2.24, 2.45) is 10.1 Å². The molecule has 162 valence electrons. The maximum absolute atomic E-state index is 12.7. The van der Waals surface area contributed by atoms with Gasteiger partial charge in [-0.2, -0.15) is 8.42 Å². The highest BCUT2D eigenvalue weighted by atomic mass is 32.2. The number of hydrogen-bond acceptors (Lipinski definition) is 5. The van der Waals surface area contributed by atoms with Crippen molar-refractivity contribution in [2.45, 2.75) is 18.7 Å². The lowest BCUT2D eigenvalue weighted by Crippen LogP contribution is -2.30. The summed E-state index contributed by atoms with van der Waals surface area (Å²) in [7, 11) is -4.00. The molecule has 0 radical (unpaired) electrons. The highest BCUT2D eigenvalue weighted by Gasteiger charge is 2.37. The number of pyridine rings is 1. The normalized spacial score (nSPS) is 13.9.